The molecular formula is C23H24FN7O. The van der Waals surface area contributed by atoms with Crippen LogP contribution in [0.25, 0.3) is 11.2 Å². The summed E-state index contributed by atoms with van der Waals surface area (Å²) in [6, 6.07) is 12.1. The molecule has 0 spiro atoms. The molecule has 1 N–H and O–H groups in total. The van der Waals surface area contributed by atoms with Crippen LogP contribution in [0, 0.1) is 5.82 Å². The van der Waals surface area contributed by atoms with Gasteiger partial charge in [-0.15, -0.1) is 0 Å². The van der Waals surface area contributed by atoms with E-state index in [1.807, 2.05) is 24.1 Å². The third kappa shape index (κ3) is 3.93. The highest BCUT2D eigenvalue weighted by Crippen LogP contribution is 2.27. The maximum absolute atomic E-state index is 13.4. The molecule has 1 saturated heterocycles. The lowest BCUT2D eigenvalue weighted by molar-refractivity contribution is 0.469. The van der Waals surface area contributed by atoms with E-state index in [9.17, 15) is 9.18 Å². The number of aromatic nitrogens is 5. The molecule has 0 saturated carbocycles. The minimum absolute atomic E-state index is 0.152. The number of benzene rings is 1. The standard InChI is InChI=1S/C23H24FN7O/c1-29(22-26-12-8-20(32)28-22)18-9-13-30(14-10-18)23-27-19-3-2-11-25-21(19)31(23)15-16-4-6-17(24)7-5-16/h2-8,11-12,18H,9-10,13-15H2,1H3,(H,26,28,32). The van der Waals surface area contributed by atoms with Gasteiger partial charge in [-0.05, 0) is 42.7 Å². The second kappa shape index (κ2) is 8.41. The van der Waals surface area contributed by atoms with Gasteiger partial charge in [0.05, 0.1) is 6.54 Å². The lowest BCUT2D eigenvalue weighted by Crippen LogP contribution is -2.45. The molecule has 0 aliphatic carbocycles. The van der Waals surface area contributed by atoms with Crippen LogP contribution in [-0.2, 0) is 6.54 Å². The van der Waals surface area contributed by atoms with Crippen LogP contribution in [0.2, 0.25) is 0 Å². The Morgan fingerprint density at radius 3 is 2.62 bits per heavy atom. The number of pyridine rings is 1. The predicted molar refractivity (Wildman–Crippen MR) is 122 cm³/mol. The van der Waals surface area contributed by atoms with Gasteiger partial charge < -0.3 is 9.80 Å². The number of nitrogens with zero attached hydrogens (tertiary/aromatic N) is 6. The van der Waals surface area contributed by atoms with Gasteiger partial charge in [-0.1, -0.05) is 12.1 Å². The van der Waals surface area contributed by atoms with Crippen LogP contribution in [0.3, 0.4) is 0 Å². The van der Waals surface area contributed by atoms with E-state index in [2.05, 4.69) is 24.4 Å². The van der Waals surface area contributed by atoms with Crippen molar-refractivity contribution in [2.24, 2.45) is 0 Å². The van der Waals surface area contributed by atoms with Crippen LogP contribution in [0.15, 0.2) is 59.7 Å². The molecule has 4 aromatic rings. The molecule has 3 aromatic heterocycles. The van der Waals surface area contributed by atoms with Crippen molar-refractivity contribution in [1.82, 2.24) is 24.5 Å². The summed E-state index contributed by atoms with van der Waals surface area (Å²) in [7, 11) is 1.96. The fraction of sp³-hybridized carbons (Fsp3) is 0.304. The summed E-state index contributed by atoms with van der Waals surface area (Å²) in [6.07, 6.45) is 5.11. The Morgan fingerprint density at radius 2 is 1.88 bits per heavy atom. The van der Waals surface area contributed by atoms with Crippen molar-refractivity contribution < 1.29 is 4.39 Å². The quantitative estimate of drug-likeness (QED) is 0.521. The summed E-state index contributed by atoms with van der Waals surface area (Å²) >= 11 is 0. The van der Waals surface area contributed by atoms with Gasteiger partial charge in [-0.25, -0.2) is 19.3 Å². The maximum Gasteiger partial charge on any atom is 0.252 e. The van der Waals surface area contributed by atoms with Crippen LogP contribution >= 0.6 is 0 Å². The van der Waals surface area contributed by atoms with Crippen LogP contribution in [0.4, 0.5) is 16.3 Å². The monoisotopic (exact) mass is 433 g/mol. The summed E-state index contributed by atoms with van der Waals surface area (Å²) < 4.78 is 15.5. The number of hydrogen-bond acceptors (Lipinski definition) is 6. The molecule has 164 valence electrons. The van der Waals surface area contributed by atoms with E-state index in [4.69, 9.17) is 4.98 Å². The minimum atomic E-state index is -0.247. The second-order valence-corrected chi connectivity index (χ2v) is 8.06. The van der Waals surface area contributed by atoms with Crippen LogP contribution in [0.5, 0.6) is 0 Å². The Balaban J connectivity index is 1.38. The molecule has 1 fully saturated rings. The first-order valence-corrected chi connectivity index (χ1v) is 10.7. The lowest BCUT2D eigenvalue weighted by atomic mass is 10.0. The van der Waals surface area contributed by atoms with Crippen LogP contribution in [-0.4, -0.2) is 50.7 Å². The van der Waals surface area contributed by atoms with Gasteiger partial charge >= 0.3 is 0 Å². The molecule has 1 aliphatic rings. The molecular weight excluding hydrogens is 409 g/mol. The summed E-state index contributed by atoms with van der Waals surface area (Å²) in [5.74, 6) is 1.21. The van der Waals surface area contributed by atoms with Crippen molar-refractivity contribution in [1.29, 1.82) is 0 Å². The summed E-state index contributed by atoms with van der Waals surface area (Å²) in [4.78, 5) is 32.5. The van der Waals surface area contributed by atoms with Gasteiger partial charge in [-0.2, -0.15) is 0 Å². The zero-order chi connectivity index (χ0) is 22.1. The first-order valence-electron chi connectivity index (χ1n) is 10.7. The van der Waals surface area contributed by atoms with Crippen molar-refractivity contribution in [3.8, 4) is 0 Å². The number of hydrogen-bond donors (Lipinski definition) is 1. The fourth-order valence-corrected chi connectivity index (χ4v) is 4.27. The normalized spacial score (nSPS) is 14.8. The molecule has 1 aromatic carbocycles. The van der Waals surface area contributed by atoms with Crippen molar-refractivity contribution in [2.45, 2.75) is 25.4 Å². The van der Waals surface area contributed by atoms with E-state index in [1.54, 1.807) is 18.3 Å². The van der Waals surface area contributed by atoms with E-state index in [0.717, 1.165) is 48.6 Å². The molecule has 0 unspecified atom stereocenters. The van der Waals surface area contributed by atoms with Crippen molar-refractivity contribution in [2.75, 3.05) is 29.9 Å². The number of anilines is 2. The van der Waals surface area contributed by atoms with E-state index in [1.165, 1.54) is 24.4 Å². The molecule has 1 aliphatic heterocycles. The Bertz CT molecular complexity index is 1280. The number of imidazole rings is 1. The number of halogens is 1. The van der Waals surface area contributed by atoms with E-state index in [-0.39, 0.29) is 17.4 Å². The average molecular weight is 433 g/mol. The van der Waals surface area contributed by atoms with Crippen LogP contribution < -0.4 is 15.4 Å². The molecule has 8 nitrogen and oxygen atoms in total. The molecule has 9 heteroatoms. The molecule has 0 bridgehead atoms. The van der Waals surface area contributed by atoms with Gasteiger partial charge in [0, 0.05) is 44.6 Å². The number of fused-ring (bicyclic) bond motifs is 1. The van der Waals surface area contributed by atoms with Crippen molar-refractivity contribution >= 4 is 23.1 Å². The third-order valence-corrected chi connectivity index (χ3v) is 6.02. The van der Waals surface area contributed by atoms with Crippen molar-refractivity contribution in [3.05, 3.63) is 76.6 Å². The van der Waals surface area contributed by atoms with Gasteiger partial charge in [0.1, 0.15) is 11.3 Å². The Morgan fingerprint density at radius 1 is 1.09 bits per heavy atom. The number of nitrogens with one attached hydrogen (secondary N) is 1. The summed E-state index contributed by atoms with van der Waals surface area (Å²) in [5.41, 5.74) is 2.50. The first kappa shape index (κ1) is 20.2. The van der Waals surface area contributed by atoms with Crippen molar-refractivity contribution in [3.63, 3.8) is 0 Å². The number of aromatic amines is 1. The molecule has 32 heavy (non-hydrogen) atoms. The highest BCUT2D eigenvalue weighted by atomic mass is 19.1. The smallest absolute Gasteiger partial charge is 0.252 e. The Hall–Kier alpha value is -3.75. The minimum Gasteiger partial charge on any atom is -0.342 e. The van der Waals surface area contributed by atoms with Gasteiger partial charge in [0.25, 0.3) is 5.56 Å². The zero-order valence-corrected chi connectivity index (χ0v) is 17.8. The van der Waals surface area contributed by atoms with E-state index in [0.29, 0.717) is 12.5 Å². The summed E-state index contributed by atoms with van der Waals surface area (Å²) in [5, 5.41) is 0. The molecule has 0 amide bonds. The molecule has 0 atom stereocenters. The van der Waals surface area contributed by atoms with Gasteiger partial charge in [0.2, 0.25) is 11.9 Å². The Labute approximate surface area is 184 Å². The SMILES string of the molecule is CN(c1nccc(=O)[nH]1)C1CCN(c2nc3cccnc3n2Cc2ccc(F)cc2)CC1. The largest absolute Gasteiger partial charge is 0.342 e. The molecule has 4 heterocycles. The van der Waals surface area contributed by atoms with E-state index < -0.39 is 0 Å². The van der Waals surface area contributed by atoms with Gasteiger partial charge in [-0.3, -0.25) is 14.3 Å². The molecule has 5 rings (SSSR count). The first-order chi connectivity index (χ1) is 15.6. The zero-order valence-electron chi connectivity index (χ0n) is 17.8. The second-order valence-electron chi connectivity index (χ2n) is 8.06. The predicted octanol–water partition coefficient (Wildman–Crippen LogP) is 2.81. The van der Waals surface area contributed by atoms with Crippen LogP contribution in [0.1, 0.15) is 18.4 Å². The summed E-state index contributed by atoms with van der Waals surface area (Å²) in [6.45, 7) is 2.20. The number of rotatable bonds is 5. The lowest BCUT2D eigenvalue weighted by Gasteiger charge is -2.37. The Kier molecular flexibility index (Phi) is 5.30. The van der Waals surface area contributed by atoms with Gasteiger partial charge in [0.15, 0.2) is 5.65 Å². The average Bonchev–Trinajstić information content (AvgIpc) is 3.18. The number of piperidine rings is 1. The highest BCUT2D eigenvalue weighted by Gasteiger charge is 2.27. The maximum atomic E-state index is 13.4. The highest BCUT2D eigenvalue weighted by molar-refractivity contribution is 5.74. The molecule has 0 radical (unpaired) electrons. The number of H-pyrrole nitrogens is 1. The van der Waals surface area contributed by atoms with E-state index >= 15 is 0 Å². The topological polar surface area (TPSA) is 82.9 Å². The third-order valence-electron chi connectivity index (χ3n) is 6.02. The fourth-order valence-electron chi connectivity index (χ4n) is 4.27.